The number of hydrogen-bond donors (Lipinski definition) is 2. The number of nitrogens with one attached hydrogen (secondary N) is 1. The molecular formula is C12H18N4O2. The van der Waals surface area contributed by atoms with Crippen molar-refractivity contribution in [1.29, 1.82) is 0 Å². The van der Waals surface area contributed by atoms with E-state index in [1.165, 1.54) is 18.9 Å². The number of nitrogens with two attached hydrogens (primary N) is 1. The van der Waals surface area contributed by atoms with E-state index in [0.717, 1.165) is 18.7 Å². The van der Waals surface area contributed by atoms with Gasteiger partial charge in [-0.15, -0.1) is 0 Å². The number of anilines is 1. The summed E-state index contributed by atoms with van der Waals surface area (Å²) in [5, 5.41) is 10.8. The van der Waals surface area contributed by atoms with Crippen molar-refractivity contribution in [3.63, 3.8) is 0 Å². The Morgan fingerprint density at radius 1 is 1.61 bits per heavy atom. The molecule has 1 aliphatic heterocycles. The molecule has 6 heteroatoms. The Labute approximate surface area is 106 Å². The molecule has 1 atom stereocenters. The summed E-state index contributed by atoms with van der Waals surface area (Å²) in [4.78, 5) is 12.7. The Morgan fingerprint density at radius 2 is 2.39 bits per heavy atom. The highest BCUT2D eigenvalue weighted by atomic mass is 16.6. The van der Waals surface area contributed by atoms with Crippen LogP contribution in [0.1, 0.15) is 25.3 Å². The zero-order chi connectivity index (χ0) is 13.1. The summed E-state index contributed by atoms with van der Waals surface area (Å²) in [6.07, 6.45) is 2.44. The molecule has 1 aromatic carbocycles. The Hall–Kier alpha value is -1.66. The minimum absolute atomic E-state index is 0.00993. The summed E-state index contributed by atoms with van der Waals surface area (Å²) < 4.78 is 0. The van der Waals surface area contributed by atoms with Crippen LogP contribution in [-0.2, 0) is 6.54 Å². The van der Waals surface area contributed by atoms with Gasteiger partial charge in [-0.05, 0) is 37.9 Å². The molecule has 2 rings (SSSR count). The van der Waals surface area contributed by atoms with Crippen LogP contribution in [0, 0.1) is 10.1 Å². The van der Waals surface area contributed by atoms with Crippen LogP contribution in [0.25, 0.3) is 0 Å². The molecule has 18 heavy (non-hydrogen) atoms. The molecule has 3 N–H and O–H groups in total. The quantitative estimate of drug-likeness (QED) is 0.484. The first-order chi connectivity index (χ1) is 8.61. The lowest BCUT2D eigenvalue weighted by molar-refractivity contribution is -0.384. The summed E-state index contributed by atoms with van der Waals surface area (Å²) in [5.74, 6) is 5.32. The molecule has 0 spiro atoms. The van der Waals surface area contributed by atoms with E-state index < -0.39 is 4.92 Å². The first-order valence-corrected chi connectivity index (χ1v) is 6.10. The largest absolute Gasteiger partial charge is 0.318 e. The van der Waals surface area contributed by atoms with Crippen molar-refractivity contribution in [2.24, 2.45) is 5.84 Å². The van der Waals surface area contributed by atoms with E-state index >= 15 is 0 Å². The predicted molar refractivity (Wildman–Crippen MR) is 70.0 cm³/mol. The minimum atomic E-state index is -0.433. The lowest BCUT2D eigenvalue weighted by Gasteiger charge is -2.21. The molecule has 0 aliphatic carbocycles. The Kier molecular flexibility index (Phi) is 3.78. The maximum atomic E-state index is 10.8. The summed E-state index contributed by atoms with van der Waals surface area (Å²) >= 11 is 0. The van der Waals surface area contributed by atoms with Gasteiger partial charge in [-0.1, -0.05) is 6.07 Å². The molecule has 98 valence electrons. The van der Waals surface area contributed by atoms with Gasteiger partial charge in [0.25, 0.3) is 5.69 Å². The molecule has 0 bridgehead atoms. The molecule has 1 saturated heterocycles. The summed E-state index contributed by atoms with van der Waals surface area (Å²) in [7, 11) is 0. The van der Waals surface area contributed by atoms with E-state index in [-0.39, 0.29) is 5.69 Å². The lowest BCUT2D eigenvalue weighted by Crippen LogP contribution is -2.26. The van der Waals surface area contributed by atoms with Crippen LogP contribution in [0.15, 0.2) is 18.2 Å². The number of benzene rings is 1. The fourth-order valence-corrected chi connectivity index (χ4v) is 2.42. The van der Waals surface area contributed by atoms with Crippen molar-refractivity contribution in [2.45, 2.75) is 32.4 Å². The summed E-state index contributed by atoms with van der Waals surface area (Å²) in [6, 6.07) is 5.63. The van der Waals surface area contributed by atoms with Crippen LogP contribution in [0.2, 0.25) is 0 Å². The van der Waals surface area contributed by atoms with Gasteiger partial charge in [-0.25, -0.2) is 0 Å². The maximum Gasteiger partial charge on any atom is 0.293 e. The van der Waals surface area contributed by atoms with Crippen molar-refractivity contribution in [3.05, 3.63) is 33.9 Å². The number of nitrogen functional groups attached to an aromatic ring is 1. The summed E-state index contributed by atoms with van der Waals surface area (Å²) in [6.45, 7) is 4.11. The first kappa shape index (κ1) is 12.8. The van der Waals surface area contributed by atoms with Gasteiger partial charge in [0, 0.05) is 18.7 Å². The van der Waals surface area contributed by atoms with Gasteiger partial charge in [0.15, 0.2) is 0 Å². The Balaban J connectivity index is 2.17. The van der Waals surface area contributed by atoms with Crippen LogP contribution in [0.3, 0.4) is 0 Å². The number of nitro benzene ring substituents is 1. The van der Waals surface area contributed by atoms with Crippen molar-refractivity contribution < 1.29 is 4.92 Å². The van der Waals surface area contributed by atoms with Crippen LogP contribution in [0.4, 0.5) is 11.4 Å². The molecule has 0 aromatic heterocycles. The number of rotatable bonds is 4. The van der Waals surface area contributed by atoms with E-state index in [1.54, 1.807) is 12.1 Å². The van der Waals surface area contributed by atoms with Gasteiger partial charge in [0.2, 0.25) is 0 Å². The molecule has 1 heterocycles. The molecule has 6 nitrogen and oxygen atoms in total. The standard InChI is InChI=1S/C12H18N4O2/c1-9-3-2-6-15(9)8-10-4-5-12(16(17)18)11(7-10)14-13/h4-5,7,9,14H,2-3,6,8,13H2,1H3. The van der Waals surface area contributed by atoms with E-state index in [0.29, 0.717) is 11.7 Å². The zero-order valence-electron chi connectivity index (χ0n) is 10.4. The van der Waals surface area contributed by atoms with Crippen molar-refractivity contribution in [2.75, 3.05) is 12.0 Å². The van der Waals surface area contributed by atoms with Gasteiger partial charge in [0.1, 0.15) is 5.69 Å². The molecular weight excluding hydrogens is 232 g/mol. The van der Waals surface area contributed by atoms with Gasteiger partial charge in [-0.3, -0.25) is 20.9 Å². The van der Waals surface area contributed by atoms with Gasteiger partial charge >= 0.3 is 0 Å². The monoisotopic (exact) mass is 250 g/mol. The molecule has 1 unspecified atom stereocenters. The maximum absolute atomic E-state index is 10.8. The zero-order valence-corrected chi connectivity index (χ0v) is 10.4. The fraction of sp³-hybridized carbons (Fsp3) is 0.500. The van der Waals surface area contributed by atoms with Crippen molar-refractivity contribution >= 4 is 11.4 Å². The minimum Gasteiger partial charge on any atom is -0.318 e. The highest BCUT2D eigenvalue weighted by Gasteiger charge is 2.21. The second kappa shape index (κ2) is 5.32. The highest BCUT2D eigenvalue weighted by molar-refractivity contribution is 5.62. The average molecular weight is 250 g/mol. The molecule has 0 saturated carbocycles. The smallest absolute Gasteiger partial charge is 0.293 e. The predicted octanol–water partition coefficient (Wildman–Crippen LogP) is 1.86. The molecule has 1 aliphatic rings. The van der Waals surface area contributed by atoms with Gasteiger partial charge in [-0.2, -0.15) is 0 Å². The summed E-state index contributed by atoms with van der Waals surface area (Å²) in [5.41, 5.74) is 3.81. The van der Waals surface area contributed by atoms with Crippen molar-refractivity contribution in [1.82, 2.24) is 4.90 Å². The normalized spacial score (nSPS) is 20.0. The SMILES string of the molecule is CC1CCCN1Cc1ccc([N+](=O)[O-])c(NN)c1. The van der Waals surface area contributed by atoms with E-state index in [2.05, 4.69) is 17.2 Å². The molecule has 0 amide bonds. The Morgan fingerprint density at radius 3 is 2.94 bits per heavy atom. The van der Waals surface area contributed by atoms with E-state index in [1.807, 2.05) is 0 Å². The van der Waals surface area contributed by atoms with Crippen molar-refractivity contribution in [3.8, 4) is 0 Å². The average Bonchev–Trinajstić information content (AvgIpc) is 2.74. The van der Waals surface area contributed by atoms with Crippen LogP contribution < -0.4 is 11.3 Å². The molecule has 1 fully saturated rings. The third-order valence-corrected chi connectivity index (χ3v) is 3.49. The van der Waals surface area contributed by atoms with Crippen LogP contribution in [-0.4, -0.2) is 22.4 Å². The number of hydrazine groups is 1. The third kappa shape index (κ3) is 2.60. The van der Waals surface area contributed by atoms with E-state index in [9.17, 15) is 10.1 Å². The van der Waals surface area contributed by atoms with Gasteiger partial charge < -0.3 is 5.43 Å². The topological polar surface area (TPSA) is 84.4 Å². The van der Waals surface area contributed by atoms with Crippen LogP contribution in [0.5, 0.6) is 0 Å². The molecule has 1 aromatic rings. The lowest BCUT2D eigenvalue weighted by atomic mass is 10.1. The van der Waals surface area contributed by atoms with E-state index in [4.69, 9.17) is 5.84 Å². The Bertz CT molecular complexity index is 450. The van der Waals surface area contributed by atoms with Gasteiger partial charge in [0.05, 0.1) is 4.92 Å². The second-order valence-electron chi connectivity index (χ2n) is 4.71. The van der Waals surface area contributed by atoms with Crippen LogP contribution >= 0.6 is 0 Å². The number of hydrogen-bond acceptors (Lipinski definition) is 5. The molecule has 0 radical (unpaired) electrons. The second-order valence-corrected chi connectivity index (χ2v) is 4.71. The number of nitro groups is 1. The first-order valence-electron chi connectivity index (χ1n) is 6.10. The number of likely N-dealkylation sites (tertiary alicyclic amines) is 1. The number of nitrogens with zero attached hydrogens (tertiary/aromatic N) is 2. The third-order valence-electron chi connectivity index (χ3n) is 3.49. The highest BCUT2D eigenvalue weighted by Crippen LogP contribution is 2.26. The fourth-order valence-electron chi connectivity index (χ4n) is 2.42.